The average Bonchev–Trinajstić information content (AvgIpc) is 2.93. The van der Waals surface area contributed by atoms with Crippen molar-refractivity contribution >= 4 is 5.91 Å². The second-order valence-corrected chi connectivity index (χ2v) is 4.30. The first-order chi connectivity index (χ1) is 6.65. The van der Waals surface area contributed by atoms with Crippen LogP contribution in [-0.4, -0.2) is 23.4 Å². The molecule has 1 saturated carbocycles. The SMILES string of the molecule is CCCN(C(=O)CC=C(C)C)C1CC1. The molecule has 0 atom stereocenters. The van der Waals surface area contributed by atoms with Crippen LogP contribution in [0.4, 0.5) is 0 Å². The summed E-state index contributed by atoms with van der Waals surface area (Å²) >= 11 is 0. The zero-order valence-corrected chi connectivity index (χ0v) is 9.55. The van der Waals surface area contributed by atoms with Crippen LogP contribution in [0.5, 0.6) is 0 Å². The van der Waals surface area contributed by atoms with Gasteiger partial charge in [0.1, 0.15) is 0 Å². The van der Waals surface area contributed by atoms with E-state index in [2.05, 4.69) is 11.8 Å². The summed E-state index contributed by atoms with van der Waals surface area (Å²) in [6.07, 6.45) is 6.09. The van der Waals surface area contributed by atoms with Gasteiger partial charge in [0.15, 0.2) is 0 Å². The van der Waals surface area contributed by atoms with Crippen LogP contribution in [0, 0.1) is 0 Å². The minimum atomic E-state index is 0.301. The second kappa shape index (κ2) is 5.18. The highest BCUT2D eigenvalue weighted by molar-refractivity contribution is 5.78. The number of allylic oxidation sites excluding steroid dienone is 1. The van der Waals surface area contributed by atoms with Crippen LogP contribution in [0.3, 0.4) is 0 Å². The van der Waals surface area contributed by atoms with Crippen molar-refractivity contribution in [2.75, 3.05) is 6.54 Å². The zero-order valence-electron chi connectivity index (χ0n) is 9.55. The first-order valence-electron chi connectivity index (χ1n) is 5.58. The molecule has 0 bridgehead atoms. The molecular weight excluding hydrogens is 174 g/mol. The van der Waals surface area contributed by atoms with Gasteiger partial charge in [0.25, 0.3) is 0 Å². The van der Waals surface area contributed by atoms with Crippen molar-refractivity contribution in [3.63, 3.8) is 0 Å². The molecule has 0 aromatic rings. The minimum Gasteiger partial charge on any atom is -0.339 e. The molecule has 0 spiro atoms. The van der Waals surface area contributed by atoms with Crippen LogP contribution < -0.4 is 0 Å². The molecule has 1 fully saturated rings. The van der Waals surface area contributed by atoms with E-state index in [0.29, 0.717) is 18.4 Å². The fraction of sp³-hybridized carbons (Fsp3) is 0.750. The number of amides is 1. The van der Waals surface area contributed by atoms with Crippen LogP contribution in [0.15, 0.2) is 11.6 Å². The Bertz CT molecular complexity index is 224. The van der Waals surface area contributed by atoms with Gasteiger partial charge < -0.3 is 4.90 Å². The normalized spacial score (nSPS) is 15.1. The van der Waals surface area contributed by atoms with E-state index < -0.39 is 0 Å². The molecule has 0 aliphatic heterocycles. The Morgan fingerprint density at radius 1 is 1.43 bits per heavy atom. The van der Waals surface area contributed by atoms with Crippen molar-refractivity contribution in [1.82, 2.24) is 4.90 Å². The molecule has 0 radical (unpaired) electrons. The number of nitrogens with zero attached hydrogens (tertiary/aromatic N) is 1. The van der Waals surface area contributed by atoms with E-state index >= 15 is 0 Å². The Morgan fingerprint density at radius 2 is 2.07 bits per heavy atom. The van der Waals surface area contributed by atoms with Gasteiger partial charge in [-0.05, 0) is 33.1 Å². The molecule has 0 saturated heterocycles. The van der Waals surface area contributed by atoms with E-state index in [1.165, 1.54) is 18.4 Å². The molecule has 0 aromatic carbocycles. The minimum absolute atomic E-state index is 0.301. The summed E-state index contributed by atoms with van der Waals surface area (Å²) in [6, 6.07) is 0.563. The maximum Gasteiger partial charge on any atom is 0.226 e. The van der Waals surface area contributed by atoms with E-state index in [9.17, 15) is 4.79 Å². The monoisotopic (exact) mass is 195 g/mol. The van der Waals surface area contributed by atoms with Crippen molar-refractivity contribution in [2.24, 2.45) is 0 Å². The lowest BCUT2D eigenvalue weighted by Crippen LogP contribution is -2.33. The van der Waals surface area contributed by atoms with Crippen LogP contribution >= 0.6 is 0 Å². The van der Waals surface area contributed by atoms with Crippen LogP contribution in [0.1, 0.15) is 46.5 Å². The summed E-state index contributed by atoms with van der Waals surface area (Å²) in [5.74, 6) is 0.301. The van der Waals surface area contributed by atoms with Gasteiger partial charge in [0, 0.05) is 19.0 Å². The zero-order chi connectivity index (χ0) is 10.6. The molecule has 2 heteroatoms. The van der Waals surface area contributed by atoms with E-state index in [1.807, 2.05) is 19.9 Å². The Morgan fingerprint density at radius 3 is 2.50 bits per heavy atom. The van der Waals surface area contributed by atoms with Crippen molar-refractivity contribution in [2.45, 2.75) is 52.5 Å². The molecule has 0 aromatic heterocycles. The molecule has 1 amide bonds. The van der Waals surface area contributed by atoms with E-state index in [1.54, 1.807) is 0 Å². The second-order valence-electron chi connectivity index (χ2n) is 4.30. The molecule has 1 rings (SSSR count). The van der Waals surface area contributed by atoms with E-state index in [-0.39, 0.29) is 0 Å². The Kier molecular flexibility index (Phi) is 4.18. The standard InChI is InChI=1S/C12H21NO/c1-4-9-13(11-6-7-11)12(14)8-5-10(2)3/h5,11H,4,6-9H2,1-3H3. The highest BCUT2D eigenvalue weighted by atomic mass is 16.2. The van der Waals surface area contributed by atoms with Crippen molar-refractivity contribution in [3.8, 4) is 0 Å². The number of hydrogen-bond acceptors (Lipinski definition) is 1. The van der Waals surface area contributed by atoms with Gasteiger partial charge in [-0.3, -0.25) is 4.79 Å². The largest absolute Gasteiger partial charge is 0.339 e. The lowest BCUT2D eigenvalue weighted by Gasteiger charge is -2.21. The van der Waals surface area contributed by atoms with Crippen molar-refractivity contribution in [3.05, 3.63) is 11.6 Å². The third-order valence-electron chi connectivity index (χ3n) is 2.46. The predicted octanol–water partition coefficient (Wildman–Crippen LogP) is 2.74. The van der Waals surface area contributed by atoms with Gasteiger partial charge in [-0.2, -0.15) is 0 Å². The summed E-state index contributed by atoms with van der Waals surface area (Å²) in [5, 5.41) is 0. The molecular formula is C12H21NO. The first-order valence-corrected chi connectivity index (χ1v) is 5.58. The molecule has 0 N–H and O–H groups in total. The number of rotatable bonds is 5. The molecule has 14 heavy (non-hydrogen) atoms. The Hall–Kier alpha value is -0.790. The highest BCUT2D eigenvalue weighted by Gasteiger charge is 2.30. The third kappa shape index (κ3) is 3.52. The van der Waals surface area contributed by atoms with Crippen molar-refractivity contribution < 1.29 is 4.79 Å². The van der Waals surface area contributed by atoms with E-state index in [4.69, 9.17) is 0 Å². The lowest BCUT2D eigenvalue weighted by atomic mass is 10.2. The summed E-state index contributed by atoms with van der Waals surface area (Å²) < 4.78 is 0. The van der Waals surface area contributed by atoms with Gasteiger partial charge in [-0.1, -0.05) is 18.6 Å². The maximum atomic E-state index is 11.8. The predicted molar refractivity (Wildman–Crippen MR) is 59.1 cm³/mol. The topological polar surface area (TPSA) is 20.3 Å². The summed E-state index contributed by atoms with van der Waals surface area (Å²) in [6.45, 7) is 7.13. The van der Waals surface area contributed by atoms with Crippen LogP contribution in [0.25, 0.3) is 0 Å². The summed E-state index contributed by atoms with van der Waals surface area (Å²) in [7, 11) is 0. The van der Waals surface area contributed by atoms with Gasteiger partial charge in [-0.25, -0.2) is 0 Å². The molecule has 1 aliphatic rings. The average molecular weight is 195 g/mol. The number of carbonyl (C=O) groups excluding carboxylic acids is 1. The molecule has 1 aliphatic carbocycles. The van der Waals surface area contributed by atoms with Gasteiger partial charge in [0.05, 0.1) is 0 Å². The Labute approximate surface area is 87.0 Å². The van der Waals surface area contributed by atoms with Gasteiger partial charge in [-0.15, -0.1) is 0 Å². The first kappa shape index (κ1) is 11.3. The molecule has 0 heterocycles. The van der Waals surface area contributed by atoms with Gasteiger partial charge in [0.2, 0.25) is 5.91 Å². The fourth-order valence-corrected chi connectivity index (χ4v) is 1.55. The highest BCUT2D eigenvalue weighted by Crippen LogP contribution is 2.27. The van der Waals surface area contributed by atoms with Crippen LogP contribution in [-0.2, 0) is 4.79 Å². The van der Waals surface area contributed by atoms with Crippen LogP contribution in [0.2, 0.25) is 0 Å². The Balaban J connectivity index is 2.42. The summed E-state index contributed by atoms with van der Waals surface area (Å²) in [4.78, 5) is 13.9. The lowest BCUT2D eigenvalue weighted by molar-refractivity contribution is -0.130. The number of carbonyl (C=O) groups is 1. The smallest absolute Gasteiger partial charge is 0.226 e. The van der Waals surface area contributed by atoms with E-state index in [0.717, 1.165) is 13.0 Å². The molecule has 80 valence electrons. The fourth-order valence-electron chi connectivity index (χ4n) is 1.55. The third-order valence-corrected chi connectivity index (χ3v) is 2.46. The molecule has 2 nitrogen and oxygen atoms in total. The quantitative estimate of drug-likeness (QED) is 0.618. The van der Waals surface area contributed by atoms with Crippen molar-refractivity contribution in [1.29, 1.82) is 0 Å². The number of hydrogen-bond donors (Lipinski definition) is 0. The maximum absolute atomic E-state index is 11.8. The molecule has 0 unspecified atom stereocenters. The summed E-state index contributed by atoms with van der Waals surface area (Å²) in [5.41, 5.74) is 1.23. The van der Waals surface area contributed by atoms with Gasteiger partial charge >= 0.3 is 0 Å².